The van der Waals surface area contributed by atoms with Crippen molar-refractivity contribution in [3.8, 4) is 11.5 Å². The van der Waals surface area contributed by atoms with Gasteiger partial charge >= 0.3 is 0 Å². The maximum absolute atomic E-state index is 11.6. The second-order valence-electron chi connectivity index (χ2n) is 4.75. The summed E-state index contributed by atoms with van der Waals surface area (Å²) in [6, 6.07) is 5.18. The van der Waals surface area contributed by atoms with E-state index in [1.54, 1.807) is 32.4 Å². The van der Waals surface area contributed by atoms with Crippen LogP contribution in [0, 0.1) is 0 Å². The number of hydrogen-bond acceptors (Lipinski definition) is 5. The molecule has 116 valence electrons. The van der Waals surface area contributed by atoms with Crippen molar-refractivity contribution >= 4 is 5.91 Å². The van der Waals surface area contributed by atoms with Gasteiger partial charge in [0.05, 0.1) is 20.3 Å². The van der Waals surface area contributed by atoms with E-state index in [9.17, 15) is 4.79 Å². The molecule has 1 aliphatic rings. The topological polar surface area (TPSA) is 60.0 Å². The summed E-state index contributed by atoms with van der Waals surface area (Å²) in [6.07, 6.45) is 0. The van der Waals surface area contributed by atoms with Gasteiger partial charge in [0, 0.05) is 32.2 Å². The quantitative estimate of drug-likeness (QED) is 0.839. The monoisotopic (exact) mass is 294 g/mol. The summed E-state index contributed by atoms with van der Waals surface area (Å²) in [7, 11) is 3.17. The highest BCUT2D eigenvalue weighted by Crippen LogP contribution is 2.28. The van der Waals surface area contributed by atoms with Crippen molar-refractivity contribution in [3.63, 3.8) is 0 Å². The maximum atomic E-state index is 11.6. The Morgan fingerprint density at radius 1 is 1.33 bits per heavy atom. The molecule has 0 spiro atoms. The lowest BCUT2D eigenvalue weighted by molar-refractivity contribution is 0.0321. The summed E-state index contributed by atoms with van der Waals surface area (Å²) in [5, 5.41) is 2.58. The number of ether oxygens (including phenoxy) is 3. The molecule has 1 amide bonds. The minimum absolute atomic E-state index is 0.145. The Labute approximate surface area is 125 Å². The number of carbonyl (C=O) groups is 1. The maximum Gasteiger partial charge on any atom is 0.251 e. The van der Waals surface area contributed by atoms with Crippen LogP contribution in [-0.2, 0) is 4.74 Å². The molecule has 1 aliphatic heterocycles. The van der Waals surface area contributed by atoms with E-state index < -0.39 is 0 Å². The molecule has 0 aromatic heterocycles. The number of benzene rings is 1. The summed E-state index contributed by atoms with van der Waals surface area (Å²) in [6.45, 7) is 4.87. The third-order valence-corrected chi connectivity index (χ3v) is 3.42. The fourth-order valence-electron chi connectivity index (χ4n) is 2.18. The molecule has 6 nitrogen and oxygen atoms in total. The molecule has 1 saturated heterocycles. The first-order valence-electron chi connectivity index (χ1n) is 7.07. The van der Waals surface area contributed by atoms with Crippen molar-refractivity contribution in [2.75, 3.05) is 53.6 Å². The van der Waals surface area contributed by atoms with Crippen LogP contribution in [0.5, 0.6) is 11.5 Å². The Morgan fingerprint density at radius 3 is 2.76 bits per heavy atom. The second-order valence-corrected chi connectivity index (χ2v) is 4.75. The molecule has 0 aliphatic carbocycles. The predicted octanol–water partition coefficient (Wildman–Crippen LogP) is 0.766. The van der Waals surface area contributed by atoms with Gasteiger partial charge in [-0.05, 0) is 18.2 Å². The first-order chi connectivity index (χ1) is 10.2. The zero-order valence-electron chi connectivity index (χ0n) is 12.6. The minimum Gasteiger partial charge on any atom is -0.493 e. The average molecular weight is 294 g/mol. The first-order valence-corrected chi connectivity index (χ1v) is 7.07. The summed E-state index contributed by atoms with van der Waals surface area (Å²) < 4.78 is 16.4. The second kappa shape index (κ2) is 7.85. The summed E-state index contributed by atoms with van der Waals surface area (Å²) >= 11 is 0. The van der Waals surface area contributed by atoms with Gasteiger partial charge in [0.15, 0.2) is 11.5 Å². The normalized spacial score (nSPS) is 15.5. The van der Waals surface area contributed by atoms with Crippen molar-refractivity contribution in [3.05, 3.63) is 23.8 Å². The van der Waals surface area contributed by atoms with Crippen LogP contribution in [-0.4, -0.2) is 64.4 Å². The molecule has 1 heterocycles. The molecular formula is C15H22N2O4. The molecule has 0 bridgehead atoms. The molecule has 1 aromatic carbocycles. The van der Waals surface area contributed by atoms with E-state index in [1.165, 1.54) is 0 Å². The van der Waals surface area contributed by atoms with Crippen LogP contribution in [0.15, 0.2) is 18.2 Å². The molecule has 0 saturated carbocycles. The molecular weight excluding hydrogens is 272 g/mol. The zero-order valence-corrected chi connectivity index (χ0v) is 12.6. The fraction of sp³-hybridized carbons (Fsp3) is 0.533. The van der Waals surface area contributed by atoms with E-state index in [-0.39, 0.29) is 5.91 Å². The molecule has 21 heavy (non-hydrogen) atoms. The number of methoxy groups -OCH3 is 1. The number of nitrogens with one attached hydrogen (secondary N) is 1. The van der Waals surface area contributed by atoms with Crippen LogP contribution in [0.4, 0.5) is 0 Å². The van der Waals surface area contributed by atoms with Gasteiger partial charge in [-0.25, -0.2) is 0 Å². The summed E-state index contributed by atoms with van der Waals surface area (Å²) in [5.74, 6) is 1.07. The Balaban J connectivity index is 1.91. The molecule has 0 unspecified atom stereocenters. The van der Waals surface area contributed by atoms with Crippen LogP contribution in [0.25, 0.3) is 0 Å². The van der Waals surface area contributed by atoms with Crippen molar-refractivity contribution in [2.24, 2.45) is 0 Å². The molecule has 1 aromatic rings. The van der Waals surface area contributed by atoms with Gasteiger partial charge in [-0.2, -0.15) is 0 Å². The van der Waals surface area contributed by atoms with Crippen LogP contribution >= 0.6 is 0 Å². The zero-order chi connectivity index (χ0) is 15.1. The van der Waals surface area contributed by atoms with Crippen molar-refractivity contribution < 1.29 is 19.0 Å². The highest BCUT2D eigenvalue weighted by molar-refractivity contribution is 5.94. The van der Waals surface area contributed by atoms with E-state index in [2.05, 4.69) is 10.2 Å². The number of hydrogen-bond donors (Lipinski definition) is 1. The van der Waals surface area contributed by atoms with Crippen LogP contribution in [0.3, 0.4) is 0 Å². The highest BCUT2D eigenvalue weighted by atomic mass is 16.5. The van der Waals surface area contributed by atoms with E-state index in [0.717, 1.165) is 32.8 Å². The average Bonchev–Trinajstić information content (AvgIpc) is 2.55. The van der Waals surface area contributed by atoms with E-state index in [0.29, 0.717) is 23.7 Å². The standard InChI is InChI=1S/C15H22N2O4/c1-16-15(18)12-3-4-13(14(11-12)19-2)21-10-7-17-5-8-20-9-6-17/h3-4,11H,5-10H2,1-2H3,(H,16,18). The van der Waals surface area contributed by atoms with Crippen LogP contribution in [0.1, 0.15) is 10.4 Å². The van der Waals surface area contributed by atoms with Gasteiger partial charge < -0.3 is 19.5 Å². The van der Waals surface area contributed by atoms with Gasteiger partial charge in [-0.1, -0.05) is 0 Å². The summed E-state index contributed by atoms with van der Waals surface area (Å²) in [4.78, 5) is 13.9. The van der Waals surface area contributed by atoms with E-state index >= 15 is 0 Å². The smallest absolute Gasteiger partial charge is 0.251 e. The van der Waals surface area contributed by atoms with Crippen molar-refractivity contribution in [1.82, 2.24) is 10.2 Å². The minimum atomic E-state index is -0.145. The SMILES string of the molecule is CNC(=O)c1ccc(OCCN2CCOCC2)c(OC)c1. The van der Waals surface area contributed by atoms with Crippen molar-refractivity contribution in [2.45, 2.75) is 0 Å². The first kappa shape index (κ1) is 15.6. The van der Waals surface area contributed by atoms with E-state index in [1.807, 2.05) is 0 Å². The molecule has 2 rings (SSSR count). The third kappa shape index (κ3) is 4.34. The lowest BCUT2D eigenvalue weighted by Gasteiger charge is -2.26. The largest absolute Gasteiger partial charge is 0.493 e. The Hall–Kier alpha value is -1.79. The van der Waals surface area contributed by atoms with Gasteiger partial charge in [0.25, 0.3) is 5.91 Å². The third-order valence-electron chi connectivity index (χ3n) is 3.42. The van der Waals surface area contributed by atoms with Crippen molar-refractivity contribution in [1.29, 1.82) is 0 Å². The number of morpholine rings is 1. The Morgan fingerprint density at radius 2 is 2.10 bits per heavy atom. The number of amides is 1. The lowest BCUT2D eigenvalue weighted by atomic mass is 10.2. The molecule has 1 N–H and O–H groups in total. The molecule has 0 radical (unpaired) electrons. The Bertz CT molecular complexity index is 473. The fourth-order valence-corrected chi connectivity index (χ4v) is 2.18. The molecule has 1 fully saturated rings. The van der Waals surface area contributed by atoms with Crippen LogP contribution in [0.2, 0.25) is 0 Å². The van der Waals surface area contributed by atoms with E-state index in [4.69, 9.17) is 14.2 Å². The number of rotatable bonds is 6. The molecule has 0 atom stereocenters. The highest BCUT2D eigenvalue weighted by Gasteiger charge is 2.12. The van der Waals surface area contributed by atoms with Gasteiger partial charge in [0.2, 0.25) is 0 Å². The number of carbonyl (C=O) groups excluding carboxylic acids is 1. The summed E-state index contributed by atoms with van der Waals surface area (Å²) in [5.41, 5.74) is 0.551. The van der Waals surface area contributed by atoms with Gasteiger partial charge in [0.1, 0.15) is 6.61 Å². The molecule has 6 heteroatoms. The van der Waals surface area contributed by atoms with Gasteiger partial charge in [-0.15, -0.1) is 0 Å². The lowest BCUT2D eigenvalue weighted by Crippen LogP contribution is -2.38. The Kier molecular flexibility index (Phi) is 5.83. The predicted molar refractivity (Wildman–Crippen MR) is 79.1 cm³/mol. The van der Waals surface area contributed by atoms with Crippen LogP contribution < -0.4 is 14.8 Å². The van der Waals surface area contributed by atoms with Gasteiger partial charge in [-0.3, -0.25) is 9.69 Å². The number of nitrogens with zero attached hydrogens (tertiary/aromatic N) is 1.